The first-order valence-electron chi connectivity index (χ1n) is 7.05. The molecule has 2 rings (SSSR count). The molecule has 0 saturated carbocycles. The summed E-state index contributed by atoms with van der Waals surface area (Å²) in [6.07, 6.45) is 0. The summed E-state index contributed by atoms with van der Waals surface area (Å²) < 4.78 is 7.13. The molecule has 0 spiro atoms. The molecule has 1 heterocycles. The molecule has 0 atom stereocenters. The van der Waals surface area contributed by atoms with Crippen LogP contribution in [0.4, 0.5) is 0 Å². The first-order valence-corrected chi connectivity index (χ1v) is 8.04. The third-order valence-electron chi connectivity index (χ3n) is 2.87. The van der Waals surface area contributed by atoms with Crippen molar-refractivity contribution < 1.29 is 9.53 Å². The van der Waals surface area contributed by atoms with Crippen molar-refractivity contribution in [2.45, 2.75) is 32.9 Å². The molecule has 1 N–H and O–H groups in total. The molecule has 0 fully saturated rings. The van der Waals surface area contributed by atoms with Crippen LogP contribution < -0.4 is 10.2 Å². The number of benzene rings is 1. The maximum atomic E-state index is 12.0. The zero-order valence-electron chi connectivity index (χ0n) is 13.2. The van der Waals surface area contributed by atoms with E-state index in [0.29, 0.717) is 16.7 Å². The van der Waals surface area contributed by atoms with Crippen molar-refractivity contribution in [3.8, 4) is 5.75 Å². The van der Waals surface area contributed by atoms with Gasteiger partial charge in [0.05, 0.1) is 0 Å². The highest BCUT2D eigenvalue weighted by atomic mass is 32.2. The minimum absolute atomic E-state index is 0.0588. The number of ether oxygens (including phenoxy) is 1. The van der Waals surface area contributed by atoms with Crippen LogP contribution in [0.25, 0.3) is 0 Å². The zero-order valence-corrected chi connectivity index (χ0v) is 14.0. The monoisotopic (exact) mass is 320 g/mol. The van der Waals surface area contributed by atoms with Gasteiger partial charge in [0.15, 0.2) is 6.61 Å². The lowest BCUT2D eigenvalue weighted by atomic mass is 10.1. The molecular formula is C15H20N4O2S. The third kappa shape index (κ3) is 4.24. The van der Waals surface area contributed by atoms with Crippen molar-refractivity contribution >= 4 is 17.7 Å². The fourth-order valence-electron chi connectivity index (χ4n) is 2.02. The van der Waals surface area contributed by atoms with Gasteiger partial charge >= 0.3 is 0 Å². The van der Waals surface area contributed by atoms with E-state index in [1.807, 2.05) is 32.9 Å². The first-order chi connectivity index (χ1) is 10.5. The molecule has 6 nitrogen and oxygen atoms in total. The second kappa shape index (κ2) is 7.31. The fourth-order valence-corrected chi connectivity index (χ4v) is 2.68. The van der Waals surface area contributed by atoms with E-state index in [0.717, 1.165) is 16.9 Å². The molecule has 0 aliphatic rings. The number of thioether (sulfide) groups is 1. The van der Waals surface area contributed by atoms with Crippen LogP contribution in [0.3, 0.4) is 0 Å². The highest BCUT2D eigenvalue weighted by Gasteiger charge is 2.12. The standard InChI is InChI=1S/C15H20N4O2S/c1-5-22-15-17-16-12(4)19(15)18-14(20)9-21-13-7-10(2)6-11(3)8-13/h6-8H,5,9H2,1-4H3,(H,18,20). The SMILES string of the molecule is CCSc1nnc(C)n1NC(=O)COc1cc(C)cc(C)c1. The molecule has 0 radical (unpaired) electrons. The number of rotatable bonds is 6. The van der Waals surface area contributed by atoms with Crippen LogP contribution in [0.5, 0.6) is 5.75 Å². The molecular weight excluding hydrogens is 300 g/mol. The molecule has 1 aromatic heterocycles. The van der Waals surface area contributed by atoms with Crippen LogP contribution in [0.15, 0.2) is 23.4 Å². The average Bonchev–Trinajstić information content (AvgIpc) is 2.78. The molecule has 0 aliphatic heterocycles. The minimum Gasteiger partial charge on any atom is -0.484 e. The maximum Gasteiger partial charge on any atom is 0.276 e. The lowest BCUT2D eigenvalue weighted by Gasteiger charge is -2.11. The molecule has 7 heteroatoms. The largest absolute Gasteiger partial charge is 0.484 e. The Kier molecular flexibility index (Phi) is 5.43. The first kappa shape index (κ1) is 16.4. The lowest BCUT2D eigenvalue weighted by molar-refractivity contribution is -0.119. The van der Waals surface area contributed by atoms with Crippen LogP contribution in [0, 0.1) is 20.8 Å². The molecule has 2 aromatic rings. The quantitative estimate of drug-likeness (QED) is 0.828. The maximum absolute atomic E-state index is 12.0. The normalized spacial score (nSPS) is 10.5. The number of hydrogen-bond donors (Lipinski definition) is 1. The smallest absolute Gasteiger partial charge is 0.276 e. The number of nitrogens with zero attached hydrogens (tertiary/aromatic N) is 3. The Labute approximate surface area is 134 Å². The van der Waals surface area contributed by atoms with Gasteiger partial charge in [-0.3, -0.25) is 10.2 Å². The summed E-state index contributed by atoms with van der Waals surface area (Å²) in [5.41, 5.74) is 4.96. The number of aryl methyl sites for hydroxylation is 3. The molecule has 118 valence electrons. The van der Waals surface area contributed by atoms with E-state index < -0.39 is 0 Å². The van der Waals surface area contributed by atoms with E-state index in [1.54, 1.807) is 11.6 Å². The Balaban J connectivity index is 1.97. The van der Waals surface area contributed by atoms with Gasteiger partial charge in [0.25, 0.3) is 5.91 Å². The second-order valence-corrected chi connectivity index (χ2v) is 6.18. The van der Waals surface area contributed by atoms with Crippen molar-refractivity contribution in [1.82, 2.24) is 14.9 Å². The van der Waals surface area contributed by atoms with Gasteiger partial charge in [-0.15, -0.1) is 10.2 Å². The van der Waals surface area contributed by atoms with Crippen molar-refractivity contribution in [1.29, 1.82) is 0 Å². The molecule has 0 aliphatic carbocycles. The Hall–Kier alpha value is -2.02. The highest BCUT2D eigenvalue weighted by molar-refractivity contribution is 7.99. The minimum atomic E-state index is -0.250. The molecule has 0 unspecified atom stereocenters. The summed E-state index contributed by atoms with van der Waals surface area (Å²) in [4.78, 5) is 12.0. The lowest BCUT2D eigenvalue weighted by Crippen LogP contribution is -2.29. The molecule has 1 amide bonds. The third-order valence-corrected chi connectivity index (χ3v) is 3.68. The Bertz CT molecular complexity index is 649. The van der Waals surface area contributed by atoms with E-state index >= 15 is 0 Å². The summed E-state index contributed by atoms with van der Waals surface area (Å²) >= 11 is 1.52. The zero-order chi connectivity index (χ0) is 16.1. The second-order valence-electron chi connectivity index (χ2n) is 4.95. The van der Waals surface area contributed by atoms with Crippen molar-refractivity contribution in [2.24, 2.45) is 0 Å². The van der Waals surface area contributed by atoms with Crippen molar-refractivity contribution in [2.75, 3.05) is 17.8 Å². The van der Waals surface area contributed by atoms with Gasteiger partial charge in [0.1, 0.15) is 11.6 Å². The van der Waals surface area contributed by atoms with Crippen molar-refractivity contribution in [3.05, 3.63) is 35.2 Å². The number of hydrogen-bond acceptors (Lipinski definition) is 5. The number of nitrogens with one attached hydrogen (secondary N) is 1. The van der Waals surface area contributed by atoms with E-state index in [9.17, 15) is 4.79 Å². The topological polar surface area (TPSA) is 69.0 Å². The van der Waals surface area contributed by atoms with E-state index in [2.05, 4.69) is 21.7 Å². The number of aromatic nitrogens is 3. The van der Waals surface area contributed by atoms with E-state index in [-0.39, 0.29) is 12.5 Å². The summed E-state index contributed by atoms with van der Waals surface area (Å²) in [6.45, 7) is 7.74. The molecule has 22 heavy (non-hydrogen) atoms. The van der Waals surface area contributed by atoms with Crippen LogP contribution >= 0.6 is 11.8 Å². The summed E-state index contributed by atoms with van der Waals surface area (Å²) in [5, 5.41) is 8.65. The molecule has 0 saturated heterocycles. The van der Waals surface area contributed by atoms with Gasteiger partial charge < -0.3 is 4.74 Å². The molecule has 1 aromatic carbocycles. The van der Waals surface area contributed by atoms with Crippen LogP contribution in [-0.2, 0) is 4.79 Å². The Morgan fingerprint density at radius 2 is 1.91 bits per heavy atom. The van der Waals surface area contributed by atoms with Gasteiger partial charge in [0.2, 0.25) is 5.16 Å². The van der Waals surface area contributed by atoms with Gasteiger partial charge in [-0.25, -0.2) is 4.68 Å². The predicted molar refractivity (Wildman–Crippen MR) is 86.9 cm³/mol. The van der Waals surface area contributed by atoms with Crippen LogP contribution in [0.2, 0.25) is 0 Å². The van der Waals surface area contributed by atoms with Gasteiger partial charge in [-0.1, -0.05) is 24.8 Å². The van der Waals surface area contributed by atoms with E-state index in [1.165, 1.54) is 11.8 Å². The Morgan fingerprint density at radius 3 is 2.55 bits per heavy atom. The number of amides is 1. The molecule has 0 bridgehead atoms. The number of carbonyl (C=O) groups excluding carboxylic acids is 1. The van der Waals surface area contributed by atoms with E-state index in [4.69, 9.17) is 4.74 Å². The highest BCUT2D eigenvalue weighted by Crippen LogP contribution is 2.16. The van der Waals surface area contributed by atoms with Gasteiger partial charge in [-0.2, -0.15) is 0 Å². The van der Waals surface area contributed by atoms with Gasteiger partial charge in [-0.05, 0) is 49.8 Å². The summed E-state index contributed by atoms with van der Waals surface area (Å²) in [5.74, 6) is 1.93. The van der Waals surface area contributed by atoms with Crippen molar-refractivity contribution in [3.63, 3.8) is 0 Å². The van der Waals surface area contributed by atoms with Crippen LogP contribution in [-0.4, -0.2) is 33.1 Å². The Morgan fingerprint density at radius 1 is 1.23 bits per heavy atom. The summed E-state index contributed by atoms with van der Waals surface area (Å²) in [7, 11) is 0. The average molecular weight is 320 g/mol. The van der Waals surface area contributed by atoms with Gasteiger partial charge in [0, 0.05) is 0 Å². The number of carbonyl (C=O) groups is 1. The predicted octanol–water partition coefficient (Wildman–Crippen LogP) is 2.46. The summed E-state index contributed by atoms with van der Waals surface area (Å²) in [6, 6.07) is 5.87. The fraction of sp³-hybridized carbons (Fsp3) is 0.400. The van der Waals surface area contributed by atoms with Crippen LogP contribution in [0.1, 0.15) is 23.9 Å².